The zero-order valence-corrected chi connectivity index (χ0v) is 14.0. The van der Waals surface area contributed by atoms with Crippen LogP contribution in [0.4, 0.5) is 5.69 Å². The van der Waals surface area contributed by atoms with Crippen molar-refractivity contribution in [1.82, 2.24) is 4.98 Å². The van der Waals surface area contributed by atoms with Crippen LogP contribution in [0.2, 0.25) is 0 Å². The fourth-order valence-corrected chi connectivity index (χ4v) is 2.71. The molecule has 0 spiro atoms. The Morgan fingerprint density at radius 2 is 1.92 bits per heavy atom. The summed E-state index contributed by atoms with van der Waals surface area (Å²) in [6, 6.07) is 17.0. The number of rotatable bonds is 4. The van der Waals surface area contributed by atoms with Crippen molar-refractivity contribution in [3.05, 3.63) is 82.4 Å². The number of non-ortho nitro benzene ring substituents is 1. The van der Waals surface area contributed by atoms with Crippen LogP contribution in [0.1, 0.15) is 11.7 Å². The number of fused-ring (bicyclic) bond motifs is 1. The van der Waals surface area contributed by atoms with Gasteiger partial charge in [0.15, 0.2) is 5.58 Å². The molecular weight excluding hydrogens is 356 g/mol. The number of nitro benzene ring substituents is 1. The van der Waals surface area contributed by atoms with Gasteiger partial charge in [0.25, 0.3) is 5.69 Å². The maximum atomic E-state index is 10.9. The van der Waals surface area contributed by atoms with Crippen molar-refractivity contribution in [2.24, 2.45) is 0 Å². The van der Waals surface area contributed by atoms with Gasteiger partial charge in [0.1, 0.15) is 22.1 Å². The average molecular weight is 367 g/mol. The van der Waals surface area contributed by atoms with Crippen molar-refractivity contribution in [3.8, 4) is 11.3 Å². The standard InChI is InChI=1S/C19H11ClN2O4/c20-15(19-21-16-6-1-2-7-18(16)26-19)11-14-8-9-17(25-14)12-4-3-5-13(10-12)22(23)24/h1-11H/b15-11-. The van der Waals surface area contributed by atoms with Gasteiger partial charge < -0.3 is 8.83 Å². The van der Waals surface area contributed by atoms with Crippen LogP contribution in [-0.2, 0) is 0 Å². The lowest BCUT2D eigenvalue weighted by molar-refractivity contribution is -0.384. The fourth-order valence-electron chi connectivity index (χ4n) is 2.52. The predicted octanol–water partition coefficient (Wildman–Crippen LogP) is 5.73. The third kappa shape index (κ3) is 3.10. The van der Waals surface area contributed by atoms with E-state index in [-0.39, 0.29) is 5.69 Å². The highest BCUT2D eigenvalue weighted by molar-refractivity contribution is 6.50. The van der Waals surface area contributed by atoms with Crippen LogP contribution in [0.25, 0.3) is 33.5 Å². The normalized spacial score (nSPS) is 11.8. The first-order chi connectivity index (χ1) is 12.6. The van der Waals surface area contributed by atoms with Crippen molar-refractivity contribution in [2.75, 3.05) is 0 Å². The minimum absolute atomic E-state index is 0.000463. The Bertz CT molecular complexity index is 1110. The Morgan fingerprint density at radius 3 is 2.73 bits per heavy atom. The lowest BCUT2D eigenvalue weighted by atomic mass is 10.1. The molecule has 0 saturated heterocycles. The number of oxazole rings is 1. The van der Waals surface area contributed by atoms with Gasteiger partial charge in [0.2, 0.25) is 5.89 Å². The predicted molar refractivity (Wildman–Crippen MR) is 98.5 cm³/mol. The zero-order chi connectivity index (χ0) is 18.1. The van der Waals surface area contributed by atoms with E-state index in [1.165, 1.54) is 12.1 Å². The monoisotopic (exact) mass is 366 g/mol. The van der Waals surface area contributed by atoms with E-state index in [4.69, 9.17) is 20.4 Å². The molecule has 4 rings (SSSR count). The molecule has 0 unspecified atom stereocenters. The lowest BCUT2D eigenvalue weighted by Crippen LogP contribution is -1.87. The maximum Gasteiger partial charge on any atom is 0.270 e. The van der Waals surface area contributed by atoms with Crippen molar-refractivity contribution >= 4 is 39.5 Å². The molecule has 0 aliphatic rings. The SMILES string of the molecule is O=[N+]([O-])c1cccc(-c2ccc(/C=C(\Cl)c3nc4ccccc4o3)o2)c1. The third-order valence-corrected chi connectivity index (χ3v) is 4.01. The first-order valence-corrected chi connectivity index (χ1v) is 8.06. The zero-order valence-electron chi connectivity index (χ0n) is 13.3. The van der Waals surface area contributed by atoms with Gasteiger partial charge in [0.05, 0.1) is 4.92 Å². The van der Waals surface area contributed by atoms with Crippen LogP contribution in [-0.4, -0.2) is 9.91 Å². The summed E-state index contributed by atoms with van der Waals surface area (Å²) in [4.78, 5) is 14.8. The molecule has 0 aliphatic carbocycles. The second-order valence-electron chi connectivity index (χ2n) is 5.49. The van der Waals surface area contributed by atoms with Crippen molar-refractivity contribution in [3.63, 3.8) is 0 Å². The lowest BCUT2D eigenvalue weighted by Gasteiger charge is -1.97. The Balaban J connectivity index is 1.64. The molecular formula is C19H11ClN2O4. The van der Waals surface area contributed by atoms with E-state index in [0.717, 1.165) is 0 Å². The summed E-state index contributed by atoms with van der Waals surface area (Å²) < 4.78 is 11.3. The van der Waals surface area contributed by atoms with E-state index in [9.17, 15) is 10.1 Å². The van der Waals surface area contributed by atoms with E-state index in [1.54, 1.807) is 30.3 Å². The van der Waals surface area contributed by atoms with Gasteiger partial charge in [-0.25, -0.2) is 4.98 Å². The van der Waals surface area contributed by atoms with Gasteiger partial charge in [-0.1, -0.05) is 35.9 Å². The summed E-state index contributed by atoms with van der Waals surface area (Å²) in [7, 11) is 0. The molecule has 0 amide bonds. The molecule has 0 radical (unpaired) electrons. The van der Waals surface area contributed by atoms with Crippen LogP contribution >= 0.6 is 11.6 Å². The molecule has 128 valence electrons. The highest BCUT2D eigenvalue weighted by atomic mass is 35.5. The average Bonchev–Trinajstić information content (AvgIpc) is 3.28. The molecule has 6 nitrogen and oxygen atoms in total. The first-order valence-electron chi connectivity index (χ1n) is 7.68. The number of para-hydroxylation sites is 2. The number of nitro groups is 1. The highest BCUT2D eigenvalue weighted by Crippen LogP contribution is 2.29. The van der Waals surface area contributed by atoms with Crippen LogP contribution in [0, 0.1) is 10.1 Å². The van der Waals surface area contributed by atoms with Crippen molar-refractivity contribution < 1.29 is 13.8 Å². The summed E-state index contributed by atoms with van der Waals surface area (Å²) in [6.45, 7) is 0. The molecule has 0 fully saturated rings. The van der Waals surface area contributed by atoms with E-state index >= 15 is 0 Å². The topological polar surface area (TPSA) is 82.3 Å². The minimum atomic E-state index is -0.447. The molecule has 2 aromatic carbocycles. The van der Waals surface area contributed by atoms with Crippen molar-refractivity contribution in [1.29, 1.82) is 0 Å². The third-order valence-electron chi connectivity index (χ3n) is 3.74. The molecule has 2 aromatic heterocycles. The van der Waals surface area contributed by atoms with Crippen LogP contribution in [0.15, 0.2) is 69.5 Å². The molecule has 2 heterocycles. The summed E-state index contributed by atoms with van der Waals surface area (Å²) in [5.41, 5.74) is 1.97. The fraction of sp³-hybridized carbons (Fsp3) is 0. The molecule has 0 N–H and O–H groups in total. The molecule has 26 heavy (non-hydrogen) atoms. The summed E-state index contributed by atoms with van der Waals surface area (Å²) in [5, 5.41) is 11.2. The number of aromatic nitrogens is 1. The van der Waals surface area contributed by atoms with Gasteiger partial charge >= 0.3 is 0 Å². The molecule has 0 aliphatic heterocycles. The Morgan fingerprint density at radius 1 is 1.08 bits per heavy atom. The van der Waals surface area contributed by atoms with Crippen molar-refractivity contribution in [2.45, 2.75) is 0 Å². The number of benzene rings is 2. The summed E-state index contributed by atoms with van der Waals surface area (Å²) in [5.74, 6) is 1.28. The van der Waals surface area contributed by atoms with E-state index in [0.29, 0.717) is 39.1 Å². The van der Waals surface area contributed by atoms with Gasteiger partial charge in [-0.15, -0.1) is 0 Å². The van der Waals surface area contributed by atoms with Gasteiger partial charge in [-0.05, 0) is 24.3 Å². The van der Waals surface area contributed by atoms with Crippen LogP contribution in [0.3, 0.4) is 0 Å². The number of halogens is 1. The maximum absolute atomic E-state index is 10.9. The minimum Gasteiger partial charge on any atom is -0.457 e. The van der Waals surface area contributed by atoms with Gasteiger partial charge in [-0.3, -0.25) is 10.1 Å². The summed E-state index contributed by atoms with van der Waals surface area (Å²) in [6.07, 6.45) is 1.59. The number of furan rings is 1. The molecule has 4 aromatic rings. The smallest absolute Gasteiger partial charge is 0.270 e. The van der Waals surface area contributed by atoms with Crippen LogP contribution < -0.4 is 0 Å². The summed E-state index contributed by atoms with van der Waals surface area (Å²) >= 11 is 6.29. The number of hydrogen-bond acceptors (Lipinski definition) is 5. The Hall–Kier alpha value is -3.38. The van der Waals surface area contributed by atoms with Gasteiger partial charge in [-0.2, -0.15) is 0 Å². The van der Waals surface area contributed by atoms with Crippen LogP contribution in [0.5, 0.6) is 0 Å². The van der Waals surface area contributed by atoms with Gasteiger partial charge in [0, 0.05) is 23.8 Å². The Kier molecular flexibility index (Phi) is 4.02. The van der Waals surface area contributed by atoms with E-state index < -0.39 is 4.92 Å². The highest BCUT2D eigenvalue weighted by Gasteiger charge is 2.12. The second-order valence-corrected chi connectivity index (χ2v) is 5.90. The Labute approximate surface area is 152 Å². The van der Waals surface area contributed by atoms with E-state index in [2.05, 4.69) is 4.98 Å². The number of hydrogen-bond donors (Lipinski definition) is 0. The molecule has 7 heteroatoms. The molecule has 0 saturated carbocycles. The quantitative estimate of drug-likeness (QED) is 0.340. The second kappa shape index (κ2) is 6.50. The number of nitrogens with zero attached hydrogens (tertiary/aromatic N) is 2. The molecule has 0 atom stereocenters. The van der Waals surface area contributed by atoms with E-state index in [1.807, 2.05) is 24.3 Å². The first kappa shape index (κ1) is 16.1. The molecule has 0 bridgehead atoms. The largest absolute Gasteiger partial charge is 0.457 e.